The fourth-order valence-electron chi connectivity index (χ4n) is 9.64. The molecule has 2 fully saturated rings. The zero-order valence-electron chi connectivity index (χ0n) is 44.1. The number of likely N-dealkylation sites (N-methyl/N-ethyl adjacent to an activating group) is 1. The maximum atomic E-state index is 14.6. The molecule has 7 atom stereocenters. The standard InChI is InChI=1S/C53H84N6O11/c1-14-15-17-23-35(4)32-38(50(66)70-52(6,7)8)54-48(64)36(5)47(69-13)39-26-22-31-58(39)44(63)33-40(68-12)46(37-24-19-20-25-37)57(11)49(65)45(34(2)3)55-51(67)53(9,10)56-41(60)27-18-16-21-30-59-42(61)28-29-43(59)62/h14-15,17,23,28-29,34,36-40,45-47H,4,16,18-22,24-27,30-33H2,1-3,5-13H3,(H,54,64)(H,55,67)(H,56,60)/b15-14-,23-17-/t36-,38+,39+,40-,45+,46+,47-/m1/s1. The van der Waals surface area contributed by atoms with Crippen molar-refractivity contribution in [3.05, 3.63) is 48.6 Å². The highest BCUT2D eigenvalue weighted by Gasteiger charge is 2.45. The summed E-state index contributed by atoms with van der Waals surface area (Å²) < 4.78 is 17.8. The van der Waals surface area contributed by atoms with E-state index in [0.29, 0.717) is 44.2 Å². The number of allylic oxidation sites excluding steroid dienone is 4. The third kappa shape index (κ3) is 17.3. The van der Waals surface area contributed by atoms with Gasteiger partial charge in [-0.3, -0.25) is 38.5 Å². The molecule has 0 spiro atoms. The molecule has 3 rings (SSSR count). The number of unbranched alkanes of at least 4 members (excludes halogenated alkanes) is 2. The van der Waals surface area contributed by atoms with E-state index in [1.165, 1.54) is 26.4 Å². The van der Waals surface area contributed by atoms with Crippen LogP contribution in [0.1, 0.15) is 139 Å². The first-order chi connectivity index (χ1) is 32.9. The predicted molar refractivity (Wildman–Crippen MR) is 267 cm³/mol. The first kappa shape index (κ1) is 59.2. The Morgan fingerprint density at radius 1 is 0.871 bits per heavy atom. The summed E-state index contributed by atoms with van der Waals surface area (Å²) in [4.78, 5) is 112. The highest BCUT2D eigenvalue weighted by atomic mass is 16.6. The Morgan fingerprint density at radius 3 is 2.09 bits per heavy atom. The number of carbonyl (C=O) groups is 8. The first-order valence-corrected chi connectivity index (χ1v) is 25.1. The summed E-state index contributed by atoms with van der Waals surface area (Å²) in [6.07, 6.45) is 15.0. The summed E-state index contributed by atoms with van der Waals surface area (Å²) in [5.41, 5.74) is -1.53. The molecule has 392 valence electrons. The minimum Gasteiger partial charge on any atom is -0.458 e. The molecule has 2 heterocycles. The summed E-state index contributed by atoms with van der Waals surface area (Å²) in [6, 6.07) is -2.94. The summed E-state index contributed by atoms with van der Waals surface area (Å²) in [5.74, 6) is -4.22. The lowest BCUT2D eigenvalue weighted by Crippen LogP contribution is -2.62. The van der Waals surface area contributed by atoms with Crippen molar-refractivity contribution in [2.24, 2.45) is 17.8 Å². The second-order valence-corrected chi connectivity index (χ2v) is 20.9. The number of hydrogen-bond acceptors (Lipinski definition) is 11. The molecule has 3 N–H and O–H groups in total. The number of nitrogens with zero attached hydrogens (tertiary/aromatic N) is 3. The lowest BCUT2D eigenvalue weighted by atomic mass is 9.88. The number of amides is 7. The van der Waals surface area contributed by atoms with Crippen molar-refractivity contribution < 1.29 is 52.6 Å². The molecule has 17 nitrogen and oxygen atoms in total. The van der Waals surface area contributed by atoms with Crippen LogP contribution in [0, 0.1) is 17.8 Å². The molecular weight excluding hydrogens is 897 g/mol. The predicted octanol–water partition coefficient (Wildman–Crippen LogP) is 5.48. The van der Waals surface area contributed by atoms with Gasteiger partial charge in [0.2, 0.25) is 29.5 Å². The average molecular weight is 981 g/mol. The minimum absolute atomic E-state index is 0.0244. The normalized spacial score (nSPS) is 19.4. The van der Waals surface area contributed by atoms with Crippen LogP contribution in [-0.2, 0) is 52.6 Å². The van der Waals surface area contributed by atoms with Crippen LogP contribution in [0.4, 0.5) is 0 Å². The van der Waals surface area contributed by atoms with Gasteiger partial charge in [-0.15, -0.1) is 0 Å². The topological polar surface area (TPSA) is 210 Å². The second kappa shape index (κ2) is 27.4. The van der Waals surface area contributed by atoms with Gasteiger partial charge in [0.15, 0.2) is 0 Å². The van der Waals surface area contributed by atoms with Crippen molar-refractivity contribution >= 4 is 47.3 Å². The SMILES string of the molecule is C=C(/C=C\C=C/C)C[C@H](NC(=O)[C@H](C)[C@@H](OC)[C@@H]1CCCN1C(=O)C[C@@H](OC)[C@H](C1CCCC1)N(C)C(=O)[C@@H](NC(=O)C(C)(C)NC(=O)CCCCCN1C(=O)C=CC1=O)C(C)C)C(=O)OC(C)(C)C. The van der Waals surface area contributed by atoms with Crippen LogP contribution >= 0.6 is 0 Å². The van der Waals surface area contributed by atoms with Crippen LogP contribution in [0.5, 0.6) is 0 Å². The van der Waals surface area contributed by atoms with Gasteiger partial charge in [0.05, 0.1) is 36.6 Å². The molecule has 70 heavy (non-hydrogen) atoms. The molecule has 3 aliphatic rings. The number of esters is 1. The van der Waals surface area contributed by atoms with E-state index in [1.54, 1.807) is 70.5 Å². The van der Waals surface area contributed by atoms with Gasteiger partial charge >= 0.3 is 5.97 Å². The summed E-state index contributed by atoms with van der Waals surface area (Å²) in [6.45, 7) is 20.5. The zero-order chi connectivity index (χ0) is 52.5. The van der Waals surface area contributed by atoms with Gasteiger partial charge in [0.1, 0.15) is 23.2 Å². The van der Waals surface area contributed by atoms with E-state index in [4.69, 9.17) is 14.2 Å². The van der Waals surface area contributed by atoms with Gasteiger partial charge in [-0.1, -0.05) is 76.5 Å². The maximum absolute atomic E-state index is 14.6. The zero-order valence-corrected chi connectivity index (χ0v) is 44.1. The largest absolute Gasteiger partial charge is 0.458 e. The Bertz CT molecular complexity index is 1930. The van der Waals surface area contributed by atoms with Crippen LogP contribution in [-0.4, -0.2) is 144 Å². The summed E-state index contributed by atoms with van der Waals surface area (Å²) in [5, 5.41) is 8.61. The molecule has 17 heteroatoms. The Balaban J connectivity index is 1.73. The lowest BCUT2D eigenvalue weighted by molar-refractivity contribution is -0.159. The van der Waals surface area contributed by atoms with Crippen LogP contribution in [0.15, 0.2) is 48.6 Å². The van der Waals surface area contributed by atoms with Crippen molar-refractivity contribution in [3.63, 3.8) is 0 Å². The number of hydrogen-bond donors (Lipinski definition) is 3. The van der Waals surface area contributed by atoms with Crippen molar-refractivity contribution in [2.75, 3.05) is 34.4 Å². The molecule has 0 aromatic heterocycles. The molecule has 0 unspecified atom stereocenters. The molecule has 2 aliphatic heterocycles. The molecular formula is C53H84N6O11. The first-order valence-electron chi connectivity index (χ1n) is 25.1. The average Bonchev–Trinajstić information content (AvgIpc) is 4.07. The molecule has 1 saturated heterocycles. The number of rotatable bonds is 27. The number of carbonyl (C=O) groups excluding carboxylic acids is 8. The van der Waals surface area contributed by atoms with Crippen LogP contribution in [0.2, 0.25) is 0 Å². The lowest BCUT2D eigenvalue weighted by Gasteiger charge is -2.41. The molecule has 1 saturated carbocycles. The van der Waals surface area contributed by atoms with Crippen molar-refractivity contribution in [2.45, 2.75) is 187 Å². The van der Waals surface area contributed by atoms with Gasteiger partial charge in [-0.05, 0) is 91.9 Å². The molecule has 0 radical (unpaired) electrons. The molecule has 0 bridgehead atoms. The van der Waals surface area contributed by atoms with Crippen LogP contribution < -0.4 is 16.0 Å². The summed E-state index contributed by atoms with van der Waals surface area (Å²) >= 11 is 0. The molecule has 0 aromatic rings. The Kier molecular flexibility index (Phi) is 23.2. The molecule has 1 aliphatic carbocycles. The van der Waals surface area contributed by atoms with E-state index >= 15 is 0 Å². The van der Waals surface area contributed by atoms with E-state index in [-0.39, 0.29) is 67.2 Å². The fraction of sp³-hybridized carbons (Fsp3) is 0.698. The Hall–Kier alpha value is -5.16. The number of methoxy groups -OCH3 is 2. The smallest absolute Gasteiger partial charge is 0.329 e. The third-order valence-electron chi connectivity index (χ3n) is 13.4. The van der Waals surface area contributed by atoms with Gasteiger partial charge in [0, 0.05) is 59.4 Å². The van der Waals surface area contributed by atoms with Gasteiger partial charge in [-0.25, -0.2) is 4.79 Å². The van der Waals surface area contributed by atoms with E-state index in [2.05, 4.69) is 22.5 Å². The van der Waals surface area contributed by atoms with E-state index in [1.807, 2.05) is 32.9 Å². The van der Waals surface area contributed by atoms with Gasteiger partial charge in [0.25, 0.3) is 11.8 Å². The van der Waals surface area contributed by atoms with Crippen LogP contribution in [0.25, 0.3) is 0 Å². The maximum Gasteiger partial charge on any atom is 0.329 e. The number of ether oxygens (including phenoxy) is 3. The number of nitrogens with one attached hydrogen (secondary N) is 3. The van der Waals surface area contributed by atoms with E-state index < -0.39 is 71.2 Å². The minimum atomic E-state index is -1.36. The molecule has 0 aromatic carbocycles. The van der Waals surface area contributed by atoms with Gasteiger partial charge < -0.3 is 40.0 Å². The number of imide groups is 1. The van der Waals surface area contributed by atoms with Crippen molar-refractivity contribution in [1.82, 2.24) is 30.7 Å². The highest BCUT2D eigenvalue weighted by Crippen LogP contribution is 2.35. The monoisotopic (exact) mass is 981 g/mol. The van der Waals surface area contributed by atoms with Crippen molar-refractivity contribution in [1.29, 1.82) is 0 Å². The summed E-state index contributed by atoms with van der Waals surface area (Å²) in [7, 11) is 4.74. The second-order valence-electron chi connectivity index (χ2n) is 20.9. The third-order valence-corrected chi connectivity index (χ3v) is 13.4. The van der Waals surface area contributed by atoms with Crippen molar-refractivity contribution in [3.8, 4) is 0 Å². The Labute approximate surface area is 417 Å². The highest BCUT2D eigenvalue weighted by molar-refractivity contribution is 6.12. The molecule has 7 amide bonds. The fourth-order valence-corrected chi connectivity index (χ4v) is 9.64. The van der Waals surface area contributed by atoms with E-state index in [9.17, 15) is 38.4 Å². The quantitative estimate of drug-likeness (QED) is 0.0407. The van der Waals surface area contributed by atoms with Gasteiger partial charge in [-0.2, -0.15) is 0 Å². The Morgan fingerprint density at radius 2 is 1.51 bits per heavy atom. The number of likely N-dealkylation sites (tertiary alicyclic amines) is 1. The van der Waals surface area contributed by atoms with Crippen LogP contribution in [0.3, 0.4) is 0 Å². The van der Waals surface area contributed by atoms with E-state index in [0.717, 1.165) is 30.6 Å².